The van der Waals surface area contributed by atoms with E-state index in [0.29, 0.717) is 6.42 Å². The Bertz CT molecular complexity index is 1810. The molecule has 4 rings (SSSR count). The molecule has 2 aromatic rings. The molecule has 0 spiro atoms. The van der Waals surface area contributed by atoms with Gasteiger partial charge in [-0.3, -0.25) is 32.8 Å². The van der Waals surface area contributed by atoms with Gasteiger partial charge in [-0.1, -0.05) is 84.0 Å². The summed E-state index contributed by atoms with van der Waals surface area (Å²) < 4.78 is 37.4. The molecule has 0 radical (unpaired) electrons. The van der Waals surface area contributed by atoms with Gasteiger partial charge in [-0.15, -0.1) is 0 Å². The quantitative estimate of drug-likeness (QED) is 0.0425. The van der Waals surface area contributed by atoms with E-state index in [9.17, 15) is 33.7 Å². The number of H-pyrrole nitrogens is 1. The summed E-state index contributed by atoms with van der Waals surface area (Å²) in [7, 11) is -4.84. The maximum Gasteiger partial charge on any atom is 0.472 e. The SMILES string of the molecule is CCCCCCCCCCCCCCCC(=O)Nc1ccn([C@H]2C[C@H](OP(=O)(O)OC[C@H]3O[C@@H](n4cc(C)c(=O)[nH]c4=O)C[C@@H]3N=[N+]=N)[C@@H](CO)O2)c(=O)n1. The second-order valence-electron chi connectivity index (χ2n) is 14.1. The van der Waals surface area contributed by atoms with Gasteiger partial charge in [0.05, 0.1) is 13.2 Å². The van der Waals surface area contributed by atoms with Crippen molar-refractivity contribution in [2.24, 2.45) is 5.11 Å². The third kappa shape index (κ3) is 13.8. The monoisotopic (exact) mass is 795 g/mol. The number of amides is 1. The Morgan fingerprint density at radius 2 is 1.64 bits per heavy atom. The second kappa shape index (κ2) is 22.2. The molecular formula is C35H56N8O11P+. The van der Waals surface area contributed by atoms with Gasteiger partial charge >= 0.3 is 19.2 Å². The predicted octanol–water partition coefficient (Wildman–Crippen LogP) is 4.51. The molecule has 20 heteroatoms. The van der Waals surface area contributed by atoms with Crippen LogP contribution in [0, 0.1) is 12.5 Å². The number of aliphatic hydroxyl groups excluding tert-OH is 1. The largest absolute Gasteiger partial charge is 0.472 e. The normalized spacial score (nSPS) is 23.3. The minimum atomic E-state index is -4.84. The number of ether oxygens (including phenoxy) is 2. The van der Waals surface area contributed by atoms with Crippen molar-refractivity contribution in [2.75, 3.05) is 18.5 Å². The molecule has 7 atom stereocenters. The fraction of sp³-hybridized carbons (Fsp3) is 0.743. The van der Waals surface area contributed by atoms with E-state index in [1.54, 1.807) is 0 Å². The molecule has 4 heterocycles. The number of hydrogen-bond acceptors (Lipinski definition) is 13. The smallest absolute Gasteiger partial charge is 0.394 e. The number of aromatic nitrogens is 4. The van der Waals surface area contributed by atoms with Gasteiger partial charge in [0.25, 0.3) is 5.56 Å². The molecule has 2 aromatic heterocycles. The Hall–Kier alpha value is -3.67. The van der Waals surface area contributed by atoms with Gasteiger partial charge in [0.15, 0.2) is 6.04 Å². The molecule has 1 amide bonds. The summed E-state index contributed by atoms with van der Waals surface area (Å²) in [5, 5.41) is 16.3. The molecule has 306 valence electrons. The summed E-state index contributed by atoms with van der Waals surface area (Å²) in [4.78, 5) is 69.3. The lowest BCUT2D eigenvalue weighted by Crippen LogP contribution is -2.33. The van der Waals surface area contributed by atoms with Gasteiger partial charge in [0.1, 0.15) is 47.2 Å². The van der Waals surface area contributed by atoms with Crippen molar-refractivity contribution in [2.45, 2.75) is 153 Å². The standard InChI is InChI=1S/C35H55N8O11P/c1-3-4-5-6-7-8-9-10-11-12-13-14-15-16-30(45)37-29-17-18-42(34(47)38-29)32-20-26(27(22-44)52-32)54-55(49,50)51-23-28-25(40-41-36)19-31(53-28)43-21-24(2)33(46)39-35(43)48/h17-18,21,25-28,31-32,36,44H,3-16,19-20,22-23H2,1-2H3,(H2-,37,38,39,45,46,47,48,49,50)/p+1/t25-,26-,27+,28+,31+,32+/m0/s1. The van der Waals surface area contributed by atoms with Gasteiger partial charge < -0.3 is 24.8 Å². The molecule has 0 aromatic carbocycles. The van der Waals surface area contributed by atoms with Crippen LogP contribution in [-0.2, 0) is 27.9 Å². The molecule has 19 nitrogen and oxygen atoms in total. The van der Waals surface area contributed by atoms with Crippen molar-refractivity contribution in [3.8, 4) is 0 Å². The Labute approximate surface area is 319 Å². The van der Waals surface area contributed by atoms with Crippen LogP contribution in [0.4, 0.5) is 5.82 Å². The van der Waals surface area contributed by atoms with E-state index in [2.05, 4.69) is 32.2 Å². The van der Waals surface area contributed by atoms with Gasteiger partial charge in [-0.05, 0) is 19.4 Å². The Morgan fingerprint density at radius 3 is 2.25 bits per heavy atom. The van der Waals surface area contributed by atoms with E-state index in [1.807, 2.05) is 0 Å². The number of anilines is 1. The number of nitrogens with one attached hydrogen (secondary N) is 3. The maximum absolute atomic E-state index is 13.0. The van der Waals surface area contributed by atoms with Crippen LogP contribution < -0.4 is 27.2 Å². The molecule has 55 heavy (non-hydrogen) atoms. The molecule has 5 N–H and O–H groups in total. The summed E-state index contributed by atoms with van der Waals surface area (Å²) in [5.41, 5.74) is 5.34. The first-order chi connectivity index (χ1) is 26.4. The van der Waals surface area contributed by atoms with Crippen molar-refractivity contribution >= 4 is 19.5 Å². The molecular weight excluding hydrogens is 739 g/mol. The van der Waals surface area contributed by atoms with Gasteiger partial charge in [0.2, 0.25) is 10.8 Å². The average molecular weight is 796 g/mol. The van der Waals surface area contributed by atoms with Crippen LogP contribution in [0.3, 0.4) is 0 Å². The molecule has 2 fully saturated rings. The summed E-state index contributed by atoms with van der Waals surface area (Å²) in [5.74, 6) is -0.163. The van der Waals surface area contributed by atoms with Gasteiger partial charge in [-0.2, -0.15) is 4.98 Å². The van der Waals surface area contributed by atoms with Crippen molar-refractivity contribution in [3.05, 3.63) is 55.3 Å². The fourth-order valence-electron chi connectivity index (χ4n) is 6.76. The molecule has 0 aliphatic carbocycles. The first kappa shape index (κ1) is 44.0. The Morgan fingerprint density at radius 1 is 1.02 bits per heavy atom. The topological polar surface area (TPSA) is 264 Å². The molecule has 2 aliphatic heterocycles. The molecule has 2 aliphatic rings. The summed E-state index contributed by atoms with van der Waals surface area (Å²) in [6.45, 7) is 2.57. The average Bonchev–Trinajstić information content (AvgIpc) is 3.74. The van der Waals surface area contributed by atoms with E-state index in [1.165, 1.54) is 83.2 Å². The highest BCUT2D eigenvalue weighted by atomic mass is 31.2. The zero-order valence-electron chi connectivity index (χ0n) is 31.7. The van der Waals surface area contributed by atoms with Crippen LogP contribution in [0.25, 0.3) is 0 Å². The molecule has 0 bridgehead atoms. The number of phosphoric ester groups is 1. The maximum atomic E-state index is 13.0. The summed E-state index contributed by atoms with van der Waals surface area (Å²) in [6.07, 6.45) is 13.3. The van der Waals surface area contributed by atoms with Gasteiger partial charge in [-0.25, -0.2) is 14.2 Å². The molecule has 1 unspecified atom stereocenters. The minimum absolute atomic E-state index is 0.0495. The minimum Gasteiger partial charge on any atom is -0.394 e. The highest BCUT2D eigenvalue weighted by Crippen LogP contribution is 2.49. The number of rotatable bonds is 24. The predicted molar refractivity (Wildman–Crippen MR) is 199 cm³/mol. The first-order valence-corrected chi connectivity index (χ1v) is 20.8. The van der Waals surface area contributed by atoms with Gasteiger partial charge in [0, 0.05) is 37.2 Å². The number of aromatic amines is 1. The Kier molecular flexibility index (Phi) is 17.8. The van der Waals surface area contributed by atoms with E-state index in [-0.39, 0.29) is 30.1 Å². The number of nitrogens with zero attached hydrogens (tertiary/aromatic N) is 5. The zero-order valence-corrected chi connectivity index (χ0v) is 32.6. The lowest BCUT2D eigenvalue weighted by Gasteiger charge is -2.21. The van der Waals surface area contributed by atoms with Crippen LogP contribution >= 0.6 is 7.82 Å². The molecule has 0 saturated carbocycles. The third-order valence-corrected chi connectivity index (χ3v) is 10.8. The number of carbonyl (C=O) groups excluding carboxylic acids is 1. The number of carbonyl (C=O) groups is 1. The number of aliphatic hydroxyl groups is 1. The number of phosphoric acid groups is 1. The lowest BCUT2D eigenvalue weighted by molar-refractivity contribution is -0.116. The van der Waals surface area contributed by atoms with Crippen molar-refractivity contribution < 1.29 is 37.9 Å². The number of aryl methyl sites for hydroxylation is 1. The summed E-state index contributed by atoms with van der Waals surface area (Å²) >= 11 is 0. The molecule has 2 saturated heterocycles. The van der Waals surface area contributed by atoms with E-state index in [4.69, 9.17) is 24.1 Å². The van der Waals surface area contributed by atoms with Crippen molar-refractivity contribution in [3.63, 3.8) is 0 Å². The van der Waals surface area contributed by atoms with Crippen LogP contribution in [0.1, 0.15) is 128 Å². The fourth-order valence-corrected chi connectivity index (χ4v) is 7.72. The van der Waals surface area contributed by atoms with Crippen LogP contribution in [0.15, 0.2) is 38.0 Å². The number of unbranched alkanes of at least 4 members (excludes halogenated alkanes) is 12. The number of hydrogen-bond donors (Lipinski definition) is 5. The van der Waals surface area contributed by atoms with E-state index in [0.717, 1.165) is 34.8 Å². The lowest BCUT2D eigenvalue weighted by atomic mass is 10.0. The Balaban J connectivity index is 1.20. The van der Waals surface area contributed by atoms with Crippen LogP contribution in [0.2, 0.25) is 0 Å². The first-order valence-electron chi connectivity index (χ1n) is 19.3. The second-order valence-corrected chi connectivity index (χ2v) is 15.5. The van der Waals surface area contributed by atoms with Crippen molar-refractivity contribution in [1.29, 1.82) is 5.53 Å². The highest BCUT2D eigenvalue weighted by Gasteiger charge is 2.44. The van der Waals surface area contributed by atoms with Crippen LogP contribution in [-0.4, -0.2) is 72.6 Å². The third-order valence-electron chi connectivity index (χ3n) is 9.81. The highest BCUT2D eigenvalue weighted by molar-refractivity contribution is 7.47. The van der Waals surface area contributed by atoms with E-state index >= 15 is 0 Å². The zero-order chi connectivity index (χ0) is 39.8. The summed E-state index contributed by atoms with van der Waals surface area (Å²) in [6, 6.07) is 0.605. The van der Waals surface area contributed by atoms with Crippen LogP contribution in [0.5, 0.6) is 0 Å². The van der Waals surface area contributed by atoms with Crippen molar-refractivity contribution in [1.82, 2.24) is 24.0 Å². The van der Waals surface area contributed by atoms with E-state index < -0.39 is 74.8 Å².